The summed E-state index contributed by atoms with van der Waals surface area (Å²) in [5.74, 6) is 1.21. The van der Waals surface area contributed by atoms with Gasteiger partial charge in [-0.25, -0.2) is 0 Å². The van der Waals surface area contributed by atoms with Crippen molar-refractivity contribution in [1.82, 2.24) is 14.8 Å². The van der Waals surface area contributed by atoms with E-state index in [1.54, 1.807) is 0 Å². The quantitative estimate of drug-likeness (QED) is 0.518. The molecule has 32 heavy (non-hydrogen) atoms. The molecule has 3 aromatic rings. The van der Waals surface area contributed by atoms with E-state index in [1.165, 1.54) is 23.9 Å². The van der Waals surface area contributed by atoms with Crippen LogP contribution in [-0.4, -0.2) is 39.6 Å². The van der Waals surface area contributed by atoms with E-state index in [1.807, 2.05) is 40.7 Å². The van der Waals surface area contributed by atoms with E-state index in [2.05, 4.69) is 15.5 Å². The van der Waals surface area contributed by atoms with Gasteiger partial charge in [0, 0.05) is 24.5 Å². The zero-order chi connectivity index (χ0) is 22.7. The number of fused-ring (bicyclic) bond motifs is 1. The minimum Gasteiger partial charge on any atom is -0.494 e. The largest absolute Gasteiger partial charge is 0.494 e. The first-order valence-electron chi connectivity index (χ1n) is 9.88. The van der Waals surface area contributed by atoms with Gasteiger partial charge in [-0.05, 0) is 55.5 Å². The lowest BCUT2D eigenvalue weighted by molar-refractivity contribution is -0.137. The van der Waals surface area contributed by atoms with Crippen molar-refractivity contribution in [3.63, 3.8) is 0 Å². The van der Waals surface area contributed by atoms with Crippen molar-refractivity contribution in [3.05, 3.63) is 54.1 Å². The molecular formula is C21H20F3N5O2S. The van der Waals surface area contributed by atoms with Crippen LogP contribution in [0.5, 0.6) is 5.75 Å². The molecule has 0 radical (unpaired) electrons. The predicted molar refractivity (Wildman–Crippen MR) is 115 cm³/mol. The molecule has 2 heterocycles. The fourth-order valence-corrected chi connectivity index (χ4v) is 4.05. The fourth-order valence-electron chi connectivity index (χ4n) is 3.29. The Morgan fingerprint density at radius 1 is 1.09 bits per heavy atom. The molecule has 1 N–H and O–H groups in total. The van der Waals surface area contributed by atoms with E-state index in [0.29, 0.717) is 29.9 Å². The van der Waals surface area contributed by atoms with Gasteiger partial charge in [0.25, 0.3) is 0 Å². The summed E-state index contributed by atoms with van der Waals surface area (Å²) in [6.45, 7) is 3.94. The summed E-state index contributed by atoms with van der Waals surface area (Å²) in [5.41, 5.74) is 0.508. The van der Waals surface area contributed by atoms with Gasteiger partial charge in [-0.1, -0.05) is 11.8 Å². The summed E-state index contributed by atoms with van der Waals surface area (Å²) in [4.78, 5) is 14.3. The molecule has 4 rings (SSSR count). The Hall–Kier alpha value is -3.21. The van der Waals surface area contributed by atoms with Crippen LogP contribution >= 0.6 is 11.8 Å². The first-order valence-corrected chi connectivity index (χ1v) is 10.9. The van der Waals surface area contributed by atoms with Gasteiger partial charge < -0.3 is 15.0 Å². The number of thioether (sulfide) groups is 1. The minimum absolute atomic E-state index is 0.0577. The molecule has 0 saturated heterocycles. The van der Waals surface area contributed by atoms with Crippen molar-refractivity contribution in [2.75, 3.05) is 29.1 Å². The molecule has 0 bridgehead atoms. The number of halogens is 3. The van der Waals surface area contributed by atoms with Crippen LogP contribution in [-0.2, 0) is 17.5 Å². The van der Waals surface area contributed by atoms with E-state index >= 15 is 0 Å². The molecule has 1 amide bonds. The highest BCUT2D eigenvalue weighted by atomic mass is 32.2. The molecule has 11 heteroatoms. The summed E-state index contributed by atoms with van der Waals surface area (Å²) in [7, 11) is 0. The van der Waals surface area contributed by atoms with Crippen molar-refractivity contribution in [1.29, 1.82) is 0 Å². The molecule has 168 valence electrons. The fraction of sp³-hybridized carbons (Fsp3) is 0.286. The number of hydrogen-bond donors (Lipinski definition) is 1. The van der Waals surface area contributed by atoms with Gasteiger partial charge in [0.1, 0.15) is 5.75 Å². The number of anilines is 3. The van der Waals surface area contributed by atoms with Crippen LogP contribution in [0.2, 0.25) is 0 Å². The molecule has 0 saturated carbocycles. The maximum absolute atomic E-state index is 12.6. The van der Waals surface area contributed by atoms with Gasteiger partial charge in [0.2, 0.25) is 11.9 Å². The minimum atomic E-state index is -4.41. The summed E-state index contributed by atoms with van der Waals surface area (Å²) in [6.07, 6.45) is -4.41. The van der Waals surface area contributed by atoms with Crippen molar-refractivity contribution < 1.29 is 22.7 Å². The summed E-state index contributed by atoms with van der Waals surface area (Å²) in [5, 5.41) is 11.6. The number of benzene rings is 2. The number of rotatable bonds is 7. The molecule has 1 aliphatic heterocycles. The molecule has 0 fully saturated rings. The summed E-state index contributed by atoms with van der Waals surface area (Å²) < 4.78 is 45.3. The second-order valence-electron chi connectivity index (χ2n) is 6.92. The number of amides is 1. The zero-order valence-corrected chi connectivity index (χ0v) is 17.9. The van der Waals surface area contributed by atoms with Gasteiger partial charge in [-0.2, -0.15) is 13.2 Å². The van der Waals surface area contributed by atoms with Gasteiger partial charge in [0.15, 0.2) is 5.16 Å². The topological polar surface area (TPSA) is 72.3 Å². The van der Waals surface area contributed by atoms with Crippen molar-refractivity contribution in [3.8, 4) is 5.75 Å². The maximum atomic E-state index is 12.6. The lowest BCUT2D eigenvalue weighted by atomic mass is 10.2. The number of carbonyl (C=O) groups is 1. The molecular weight excluding hydrogens is 443 g/mol. The Morgan fingerprint density at radius 2 is 1.81 bits per heavy atom. The van der Waals surface area contributed by atoms with E-state index in [0.717, 1.165) is 30.1 Å². The van der Waals surface area contributed by atoms with Crippen LogP contribution in [0.1, 0.15) is 12.5 Å². The molecule has 7 nitrogen and oxygen atoms in total. The maximum Gasteiger partial charge on any atom is 0.416 e. The molecule has 0 unspecified atom stereocenters. The summed E-state index contributed by atoms with van der Waals surface area (Å²) in [6, 6.07) is 12.1. The van der Waals surface area contributed by atoms with E-state index in [9.17, 15) is 18.0 Å². The van der Waals surface area contributed by atoms with Crippen molar-refractivity contribution in [2.24, 2.45) is 0 Å². The van der Waals surface area contributed by atoms with E-state index in [4.69, 9.17) is 4.74 Å². The van der Waals surface area contributed by atoms with Gasteiger partial charge >= 0.3 is 6.18 Å². The third-order valence-electron chi connectivity index (χ3n) is 4.77. The first-order chi connectivity index (χ1) is 15.3. The lowest BCUT2D eigenvalue weighted by Crippen LogP contribution is -2.15. The molecule has 0 atom stereocenters. The van der Waals surface area contributed by atoms with Crippen molar-refractivity contribution >= 4 is 35.0 Å². The van der Waals surface area contributed by atoms with Crippen LogP contribution in [0.25, 0.3) is 0 Å². The Balaban J connectivity index is 1.35. The number of hydrogen-bond acceptors (Lipinski definition) is 6. The number of nitrogens with one attached hydrogen (secondary N) is 1. The average molecular weight is 463 g/mol. The second-order valence-corrected chi connectivity index (χ2v) is 7.87. The number of ether oxygens (including phenoxy) is 1. The van der Waals surface area contributed by atoms with Crippen LogP contribution < -0.4 is 15.0 Å². The van der Waals surface area contributed by atoms with Crippen LogP contribution in [0.15, 0.2) is 53.7 Å². The zero-order valence-electron chi connectivity index (χ0n) is 17.1. The Kier molecular flexibility index (Phi) is 6.26. The van der Waals surface area contributed by atoms with Gasteiger partial charge in [-0.15, -0.1) is 10.2 Å². The molecule has 1 aliphatic rings. The Bertz CT molecular complexity index is 1080. The standard InChI is InChI=1S/C21H20F3N5O2S/c1-2-31-17-9-7-16(8-10-17)28-11-12-29-19(28)26-27-20(29)32-13-18(30)25-15-5-3-14(4-6-15)21(22,23)24/h3-10H,2,11-13H2,1H3,(H,25,30). The van der Waals surface area contributed by atoms with E-state index < -0.39 is 11.7 Å². The van der Waals surface area contributed by atoms with E-state index in [-0.39, 0.29) is 11.7 Å². The smallest absolute Gasteiger partial charge is 0.416 e. The third kappa shape index (κ3) is 4.82. The third-order valence-corrected chi connectivity index (χ3v) is 5.74. The van der Waals surface area contributed by atoms with Crippen LogP contribution in [0.4, 0.5) is 30.5 Å². The highest BCUT2D eigenvalue weighted by Crippen LogP contribution is 2.33. The highest BCUT2D eigenvalue weighted by molar-refractivity contribution is 7.99. The molecule has 0 spiro atoms. The monoisotopic (exact) mass is 463 g/mol. The van der Waals surface area contributed by atoms with Gasteiger partial charge in [-0.3, -0.25) is 9.36 Å². The van der Waals surface area contributed by atoms with Gasteiger partial charge in [0.05, 0.1) is 17.9 Å². The molecule has 1 aromatic heterocycles. The summed E-state index contributed by atoms with van der Waals surface area (Å²) >= 11 is 1.22. The first kappa shape index (κ1) is 22.0. The lowest BCUT2D eigenvalue weighted by Gasteiger charge is -2.15. The highest BCUT2D eigenvalue weighted by Gasteiger charge is 2.30. The Morgan fingerprint density at radius 3 is 2.47 bits per heavy atom. The molecule has 2 aromatic carbocycles. The van der Waals surface area contributed by atoms with Crippen LogP contribution in [0, 0.1) is 0 Å². The number of carbonyl (C=O) groups excluding carboxylic acids is 1. The SMILES string of the molecule is CCOc1ccc(N2CCn3c(SCC(=O)Nc4ccc(C(F)(F)F)cc4)nnc32)cc1. The number of nitrogens with zero attached hydrogens (tertiary/aromatic N) is 4. The predicted octanol–water partition coefficient (Wildman–Crippen LogP) is 4.58. The van der Waals surface area contributed by atoms with Crippen molar-refractivity contribution in [2.45, 2.75) is 24.8 Å². The normalized spacial score (nSPS) is 13.2. The Labute approximate surface area is 186 Å². The second kappa shape index (κ2) is 9.11. The average Bonchev–Trinajstić information content (AvgIpc) is 3.35. The molecule has 0 aliphatic carbocycles. The number of alkyl halides is 3. The van der Waals surface area contributed by atoms with Crippen LogP contribution in [0.3, 0.4) is 0 Å². The number of aromatic nitrogens is 3.